The van der Waals surface area contributed by atoms with Gasteiger partial charge in [0.1, 0.15) is 5.82 Å². The second-order valence-electron chi connectivity index (χ2n) is 3.88. The summed E-state index contributed by atoms with van der Waals surface area (Å²) in [5.41, 5.74) is 1.69. The Morgan fingerprint density at radius 2 is 2.41 bits per heavy atom. The molecule has 1 heterocycles. The number of anilines is 1. The molecule has 1 aliphatic heterocycles. The van der Waals surface area contributed by atoms with Crippen molar-refractivity contribution in [3.05, 3.63) is 29.6 Å². The van der Waals surface area contributed by atoms with E-state index in [0.29, 0.717) is 18.8 Å². The van der Waals surface area contributed by atoms with E-state index in [1.54, 1.807) is 11.0 Å². The molecule has 1 amide bonds. The van der Waals surface area contributed by atoms with E-state index in [1.807, 2.05) is 0 Å². The van der Waals surface area contributed by atoms with Gasteiger partial charge >= 0.3 is 0 Å². The maximum atomic E-state index is 13.1. The third-order valence-corrected chi connectivity index (χ3v) is 2.75. The van der Waals surface area contributed by atoms with Crippen LogP contribution < -0.4 is 10.2 Å². The molecule has 0 spiro atoms. The Hall–Kier alpha value is -1.86. The molecule has 1 N–H and O–H groups in total. The molecular weight excluding hydrogens is 219 g/mol. The molecular formula is C13H13FN2O. The highest BCUT2D eigenvalue weighted by Crippen LogP contribution is 2.28. The number of nitrogens with zero attached hydrogens (tertiary/aromatic N) is 1. The standard InChI is InChI=1S/C13H13FN2O/c1-2-6-15-9-13(17)16-7-5-10-3-4-11(14)8-12(10)16/h1,3-4,8,15H,5-7,9H2. The molecule has 17 heavy (non-hydrogen) atoms. The first-order chi connectivity index (χ1) is 8.22. The Balaban J connectivity index is 2.08. The van der Waals surface area contributed by atoms with Gasteiger partial charge in [-0.05, 0) is 24.1 Å². The molecule has 88 valence electrons. The van der Waals surface area contributed by atoms with Crippen molar-refractivity contribution in [2.45, 2.75) is 6.42 Å². The summed E-state index contributed by atoms with van der Waals surface area (Å²) in [6.45, 7) is 1.14. The van der Waals surface area contributed by atoms with Crippen molar-refractivity contribution in [1.82, 2.24) is 5.32 Å². The van der Waals surface area contributed by atoms with Crippen LogP contribution in [0.15, 0.2) is 18.2 Å². The van der Waals surface area contributed by atoms with Crippen molar-refractivity contribution in [2.24, 2.45) is 0 Å². The lowest BCUT2D eigenvalue weighted by molar-refractivity contribution is -0.117. The molecule has 0 saturated heterocycles. The summed E-state index contributed by atoms with van der Waals surface area (Å²) in [5.74, 6) is 2.00. The SMILES string of the molecule is C#CCNCC(=O)N1CCc2ccc(F)cc21. The molecule has 0 bridgehead atoms. The van der Waals surface area contributed by atoms with E-state index in [-0.39, 0.29) is 18.3 Å². The molecule has 1 aromatic carbocycles. The number of nitrogens with one attached hydrogen (secondary N) is 1. The first kappa shape index (κ1) is 11.6. The number of amides is 1. The Kier molecular flexibility index (Phi) is 3.40. The number of rotatable bonds is 3. The summed E-state index contributed by atoms with van der Waals surface area (Å²) in [4.78, 5) is 13.5. The van der Waals surface area contributed by atoms with Gasteiger partial charge in [0.25, 0.3) is 0 Å². The van der Waals surface area contributed by atoms with Crippen molar-refractivity contribution >= 4 is 11.6 Å². The number of terminal acetylenes is 1. The largest absolute Gasteiger partial charge is 0.311 e. The van der Waals surface area contributed by atoms with Crippen molar-refractivity contribution < 1.29 is 9.18 Å². The highest BCUT2D eigenvalue weighted by Gasteiger charge is 2.24. The van der Waals surface area contributed by atoms with Gasteiger partial charge in [0.15, 0.2) is 0 Å². The zero-order chi connectivity index (χ0) is 12.3. The van der Waals surface area contributed by atoms with Gasteiger partial charge in [0, 0.05) is 12.2 Å². The molecule has 0 fully saturated rings. The van der Waals surface area contributed by atoms with E-state index in [2.05, 4.69) is 11.2 Å². The maximum Gasteiger partial charge on any atom is 0.240 e. The van der Waals surface area contributed by atoms with Crippen LogP contribution in [0.4, 0.5) is 10.1 Å². The van der Waals surface area contributed by atoms with Crippen LogP contribution in [0, 0.1) is 18.2 Å². The fraction of sp³-hybridized carbons (Fsp3) is 0.308. The first-order valence-electron chi connectivity index (χ1n) is 5.45. The summed E-state index contributed by atoms with van der Waals surface area (Å²) in [5, 5.41) is 2.84. The molecule has 3 nitrogen and oxygen atoms in total. The second-order valence-corrected chi connectivity index (χ2v) is 3.88. The average molecular weight is 232 g/mol. The summed E-state index contributed by atoms with van der Waals surface area (Å²) in [6, 6.07) is 4.55. The molecule has 0 radical (unpaired) electrons. The van der Waals surface area contributed by atoms with Crippen LogP contribution in [0.3, 0.4) is 0 Å². The number of halogens is 1. The molecule has 1 aromatic rings. The zero-order valence-corrected chi connectivity index (χ0v) is 9.37. The Labute approximate surface area is 99.6 Å². The molecule has 0 atom stereocenters. The summed E-state index contributed by atoms with van der Waals surface area (Å²) >= 11 is 0. The minimum absolute atomic E-state index is 0.0791. The fourth-order valence-corrected chi connectivity index (χ4v) is 1.95. The summed E-state index contributed by atoms with van der Waals surface area (Å²) in [6.07, 6.45) is 5.85. The van der Waals surface area contributed by atoms with E-state index in [0.717, 1.165) is 12.0 Å². The monoisotopic (exact) mass is 232 g/mol. The number of hydrogen-bond acceptors (Lipinski definition) is 2. The Morgan fingerprint density at radius 3 is 3.18 bits per heavy atom. The van der Waals surface area contributed by atoms with Crippen molar-refractivity contribution in [2.75, 3.05) is 24.5 Å². The predicted octanol–water partition coefficient (Wildman–Crippen LogP) is 0.938. The van der Waals surface area contributed by atoms with E-state index in [4.69, 9.17) is 6.42 Å². The van der Waals surface area contributed by atoms with Gasteiger partial charge in [0.2, 0.25) is 5.91 Å². The third-order valence-electron chi connectivity index (χ3n) is 2.75. The lowest BCUT2D eigenvalue weighted by Gasteiger charge is -2.17. The van der Waals surface area contributed by atoms with Gasteiger partial charge in [-0.25, -0.2) is 4.39 Å². The fourth-order valence-electron chi connectivity index (χ4n) is 1.95. The smallest absolute Gasteiger partial charge is 0.240 e. The lowest BCUT2D eigenvalue weighted by Crippen LogP contribution is -2.37. The Morgan fingerprint density at radius 1 is 1.59 bits per heavy atom. The second kappa shape index (κ2) is 4.98. The van der Waals surface area contributed by atoms with E-state index < -0.39 is 0 Å². The summed E-state index contributed by atoms with van der Waals surface area (Å²) < 4.78 is 13.1. The van der Waals surface area contributed by atoms with E-state index >= 15 is 0 Å². The van der Waals surface area contributed by atoms with Crippen LogP contribution in [0.5, 0.6) is 0 Å². The number of carbonyl (C=O) groups excluding carboxylic acids is 1. The average Bonchev–Trinajstić information content (AvgIpc) is 2.72. The maximum absolute atomic E-state index is 13.1. The minimum Gasteiger partial charge on any atom is -0.311 e. The van der Waals surface area contributed by atoms with Gasteiger partial charge in [-0.2, -0.15) is 0 Å². The molecule has 0 aliphatic carbocycles. The topological polar surface area (TPSA) is 32.3 Å². The zero-order valence-electron chi connectivity index (χ0n) is 9.37. The highest BCUT2D eigenvalue weighted by atomic mass is 19.1. The number of fused-ring (bicyclic) bond motifs is 1. The van der Waals surface area contributed by atoms with E-state index in [1.165, 1.54) is 12.1 Å². The van der Waals surface area contributed by atoms with Crippen LogP contribution in [0.1, 0.15) is 5.56 Å². The molecule has 2 rings (SSSR count). The Bertz CT molecular complexity index is 479. The summed E-state index contributed by atoms with van der Waals surface area (Å²) in [7, 11) is 0. The third kappa shape index (κ3) is 2.45. The molecule has 0 saturated carbocycles. The molecule has 0 aromatic heterocycles. The molecule has 0 unspecified atom stereocenters. The van der Waals surface area contributed by atoms with Crippen LogP contribution in [0.25, 0.3) is 0 Å². The van der Waals surface area contributed by atoms with Gasteiger partial charge in [-0.15, -0.1) is 6.42 Å². The minimum atomic E-state index is -0.319. The first-order valence-corrected chi connectivity index (χ1v) is 5.45. The highest BCUT2D eigenvalue weighted by molar-refractivity contribution is 5.96. The van der Waals surface area contributed by atoms with Crippen molar-refractivity contribution in [3.63, 3.8) is 0 Å². The van der Waals surface area contributed by atoms with Gasteiger partial charge in [0.05, 0.1) is 13.1 Å². The molecule has 4 heteroatoms. The quantitative estimate of drug-likeness (QED) is 0.621. The van der Waals surface area contributed by atoms with Crippen LogP contribution in [-0.4, -0.2) is 25.5 Å². The van der Waals surface area contributed by atoms with Gasteiger partial charge < -0.3 is 4.90 Å². The normalized spacial score (nSPS) is 13.3. The number of carbonyl (C=O) groups is 1. The molecule has 1 aliphatic rings. The van der Waals surface area contributed by atoms with Crippen LogP contribution in [0.2, 0.25) is 0 Å². The van der Waals surface area contributed by atoms with Crippen LogP contribution in [-0.2, 0) is 11.2 Å². The van der Waals surface area contributed by atoms with Crippen LogP contribution >= 0.6 is 0 Å². The van der Waals surface area contributed by atoms with Crippen molar-refractivity contribution in [1.29, 1.82) is 0 Å². The van der Waals surface area contributed by atoms with Crippen molar-refractivity contribution in [3.8, 4) is 12.3 Å². The predicted molar refractivity (Wildman–Crippen MR) is 64.2 cm³/mol. The lowest BCUT2D eigenvalue weighted by atomic mass is 10.2. The van der Waals surface area contributed by atoms with E-state index in [9.17, 15) is 9.18 Å². The number of benzene rings is 1. The van der Waals surface area contributed by atoms with Gasteiger partial charge in [-0.3, -0.25) is 10.1 Å². The number of hydrogen-bond donors (Lipinski definition) is 1. The van der Waals surface area contributed by atoms with Gasteiger partial charge in [-0.1, -0.05) is 12.0 Å².